The van der Waals surface area contributed by atoms with Gasteiger partial charge >= 0.3 is 0 Å². The summed E-state index contributed by atoms with van der Waals surface area (Å²) < 4.78 is 0. The van der Waals surface area contributed by atoms with Crippen molar-refractivity contribution in [3.05, 3.63) is 33.5 Å². The highest BCUT2D eigenvalue weighted by Gasteiger charge is 2.19. The molecule has 0 radical (unpaired) electrons. The van der Waals surface area contributed by atoms with Gasteiger partial charge in [-0.15, -0.1) is 22.7 Å². The summed E-state index contributed by atoms with van der Waals surface area (Å²) in [6, 6.07) is 4.36. The zero-order chi connectivity index (χ0) is 25.2. The molecule has 194 valence electrons. The number of thiophene rings is 2. The molecule has 0 N–H and O–H groups in total. The molecule has 0 aliphatic heterocycles. The number of aldehydes is 1. The van der Waals surface area contributed by atoms with Crippen molar-refractivity contribution in [2.45, 2.75) is 104 Å². The van der Waals surface area contributed by atoms with Crippen LogP contribution in [0.3, 0.4) is 0 Å². The van der Waals surface area contributed by atoms with Crippen molar-refractivity contribution in [3.63, 3.8) is 0 Å². The maximum Gasteiger partial charge on any atom is 0.160 e. The number of aromatic nitrogens is 2. The SMILES string of the molecule is CCCCCCCCc1ccsc1-c1nc2sc(-c3sc(C=O)cc3CCCCCCCC)nc2s1. The Kier molecular flexibility index (Phi) is 11.1. The van der Waals surface area contributed by atoms with Crippen molar-refractivity contribution < 1.29 is 4.79 Å². The lowest BCUT2D eigenvalue weighted by molar-refractivity contribution is 0.112. The van der Waals surface area contributed by atoms with E-state index in [9.17, 15) is 4.79 Å². The number of hydrogen-bond donors (Lipinski definition) is 0. The second kappa shape index (κ2) is 14.5. The Morgan fingerprint density at radius 2 is 1.25 bits per heavy atom. The van der Waals surface area contributed by atoms with Crippen LogP contribution < -0.4 is 0 Å². The van der Waals surface area contributed by atoms with Crippen molar-refractivity contribution in [1.29, 1.82) is 0 Å². The predicted molar refractivity (Wildman–Crippen MR) is 161 cm³/mol. The van der Waals surface area contributed by atoms with Crippen LogP contribution in [0.25, 0.3) is 29.4 Å². The van der Waals surface area contributed by atoms with E-state index < -0.39 is 0 Å². The molecule has 0 saturated carbocycles. The van der Waals surface area contributed by atoms with Crippen LogP contribution in [-0.4, -0.2) is 16.3 Å². The summed E-state index contributed by atoms with van der Waals surface area (Å²) in [5.41, 5.74) is 2.71. The quantitative estimate of drug-likeness (QED) is 0.0956. The summed E-state index contributed by atoms with van der Waals surface area (Å²) in [5.74, 6) is 0. The van der Waals surface area contributed by atoms with Crippen molar-refractivity contribution in [3.8, 4) is 19.8 Å². The van der Waals surface area contributed by atoms with Gasteiger partial charge in [-0.2, -0.15) is 0 Å². The molecule has 4 aromatic heterocycles. The molecular formula is C29H38N2OS4. The molecule has 0 amide bonds. The number of rotatable bonds is 17. The van der Waals surface area contributed by atoms with Gasteiger partial charge in [0, 0.05) is 0 Å². The molecule has 4 aromatic rings. The minimum Gasteiger partial charge on any atom is -0.297 e. The fraction of sp³-hybridized carbons (Fsp3) is 0.552. The van der Waals surface area contributed by atoms with E-state index in [1.165, 1.54) is 97.9 Å². The highest BCUT2D eigenvalue weighted by Crippen LogP contribution is 2.42. The van der Waals surface area contributed by atoms with Gasteiger partial charge in [-0.1, -0.05) is 101 Å². The zero-order valence-corrected chi connectivity index (χ0v) is 24.9. The maximum absolute atomic E-state index is 11.5. The van der Waals surface area contributed by atoms with Gasteiger partial charge in [-0.05, 0) is 54.3 Å². The van der Waals surface area contributed by atoms with Gasteiger partial charge < -0.3 is 0 Å². The van der Waals surface area contributed by atoms with E-state index in [1.54, 1.807) is 45.3 Å². The average Bonchev–Trinajstić information content (AvgIpc) is 3.65. The van der Waals surface area contributed by atoms with Crippen LogP contribution in [0.2, 0.25) is 0 Å². The number of aryl methyl sites for hydroxylation is 2. The summed E-state index contributed by atoms with van der Waals surface area (Å²) >= 11 is 6.78. The first-order chi connectivity index (χ1) is 17.7. The van der Waals surface area contributed by atoms with Gasteiger partial charge in [0.25, 0.3) is 0 Å². The van der Waals surface area contributed by atoms with Crippen LogP contribution in [0.15, 0.2) is 17.5 Å². The molecule has 0 saturated heterocycles. The Morgan fingerprint density at radius 1 is 0.694 bits per heavy atom. The van der Waals surface area contributed by atoms with Crippen LogP contribution in [0.5, 0.6) is 0 Å². The van der Waals surface area contributed by atoms with Crippen LogP contribution in [-0.2, 0) is 12.8 Å². The first kappa shape index (κ1) is 27.6. The molecule has 0 fully saturated rings. The lowest BCUT2D eigenvalue weighted by Gasteiger charge is -2.03. The molecule has 7 heteroatoms. The zero-order valence-electron chi connectivity index (χ0n) is 21.6. The van der Waals surface area contributed by atoms with Crippen molar-refractivity contribution in [2.75, 3.05) is 0 Å². The lowest BCUT2D eigenvalue weighted by Crippen LogP contribution is -1.87. The molecule has 0 aliphatic carbocycles. The molecule has 0 unspecified atom stereocenters. The fourth-order valence-corrected chi connectivity index (χ4v) is 8.88. The van der Waals surface area contributed by atoms with Gasteiger partial charge in [-0.25, -0.2) is 9.97 Å². The third-order valence-corrected chi connectivity index (χ3v) is 11.0. The lowest BCUT2D eigenvalue weighted by atomic mass is 10.1. The highest BCUT2D eigenvalue weighted by molar-refractivity contribution is 7.32. The first-order valence-corrected chi connectivity index (χ1v) is 17.0. The smallest absolute Gasteiger partial charge is 0.160 e. The molecule has 4 heterocycles. The van der Waals surface area contributed by atoms with Crippen LogP contribution in [0, 0.1) is 0 Å². The summed E-state index contributed by atoms with van der Waals surface area (Å²) in [6.07, 6.45) is 18.8. The molecule has 0 aliphatic rings. The summed E-state index contributed by atoms with van der Waals surface area (Å²) in [5, 5.41) is 4.34. The van der Waals surface area contributed by atoms with E-state index in [1.807, 2.05) is 0 Å². The first-order valence-electron chi connectivity index (χ1n) is 13.7. The number of hydrogen-bond acceptors (Lipinski definition) is 7. The van der Waals surface area contributed by atoms with E-state index in [4.69, 9.17) is 9.97 Å². The number of unbranched alkanes of at least 4 members (excludes halogenated alkanes) is 10. The third-order valence-electron chi connectivity index (χ3n) is 6.65. The Morgan fingerprint density at radius 3 is 1.86 bits per heavy atom. The van der Waals surface area contributed by atoms with E-state index in [0.29, 0.717) is 0 Å². The minimum absolute atomic E-state index is 0.802. The van der Waals surface area contributed by atoms with Crippen molar-refractivity contribution >= 4 is 61.3 Å². The molecule has 3 nitrogen and oxygen atoms in total. The second-order valence-corrected chi connectivity index (χ2v) is 13.5. The van der Waals surface area contributed by atoms with E-state index in [2.05, 4.69) is 31.4 Å². The Balaban J connectivity index is 1.42. The van der Waals surface area contributed by atoms with E-state index >= 15 is 0 Å². The predicted octanol–water partition coefficient (Wildman–Crippen LogP) is 10.8. The van der Waals surface area contributed by atoms with Gasteiger partial charge in [-0.3, -0.25) is 4.79 Å². The second-order valence-electron chi connectivity index (χ2n) is 9.58. The number of carbonyl (C=O) groups excluding carboxylic acids is 1. The Hall–Kier alpha value is -1.41. The molecule has 4 rings (SSSR count). The normalized spacial score (nSPS) is 11.6. The van der Waals surface area contributed by atoms with Gasteiger partial charge in [0.05, 0.1) is 14.6 Å². The molecule has 0 atom stereocenters. The van der Waals surface area contributed by atoms with Gasteiger partial charge in [0.2, 0.25) is 0 Å². The molecule has 36 heavy (non-hydrogen) atoms. The topological polar surface area (TPSA) is 42.9 Å². The number of thiazole rings is 2. The highest BCUT2D eigenvalue weighted by atomic mass is 32.1. The molecule has 0 spiro atoms. The number of nitrogens with zero attached hydrogens (tertiary/aromatic N) is 2. The van der Waals surface area contributed by atoms with E-state index in [0.717, 1.165) is 43.7 Å². The molecular weight excluding hydrogens is 521 g/mol. The summed E-state index contributed by atoms with van der Waals surface area (Å²) in [7, 11) is 0. The minimum atomic E-state index is 0.802. The monoisotopic (exact) mass is 558 g/mol. The van der Waals surface area contributed by atoms with Crippen molar-refractivity contribution in [1.82, 2.24) is 9.97 Å². The fourth-order valence-electron chi connectivity index (χ4n) is 4.62. The summed E-state index contributed by atoms with van der Waals surface area (Å²) in [6.45, 7) is 4.53. The van der Waals surface area contributed by atoms with E-state index in [-0.39, 0.29) is 0 Å². The van der Waals surface area contributed by atoms with Gasteiger partial charge in [0.1, 0.15) is 10.0 Å². The number of carbonyl (C=O) groups is 1. The largest absolute Gasteiger partial charge is 0.297 e. The Labute approximate surface area is 232 Å². The maximum atomic E-state index is 11.5. The standard InChI is InChI=1S/C29H38N2OS4/c1-3-5-7-9-11-13-15-21-17-18-33-24(21)26-30-28-29(35-26)31-27(36-28)25-22(19-23(20-32)34-25)16-14-12-10-8-6-4-2/h17-20H,3-16H2,1-2H3. The van der Waals surface area contributed by atoms with Crippen LogP contribution in [0.4, 0.5) is 0 Å². The summed E-state index contributed by atoms with van der Waals surface area (Å²) in [4.78, 5) is 26.9. The Bertz CT molecular complexity index is 1180. The number of fused-ring (bicyclic) bond motifs is 1. The van der Waals surface area contributed by atoms with Crippen molar-refractivity contribution in [2.24, 2.45) is 0 Å². The van der Waals surface area contributed by atoms with Crippen LogP contribution in [0.1, 0.15) is 112 Å². The third kappa shape index (κ3) is 7.33. The van der Waals surface area contributed by atoms with Crippen LogP contribution >= 0.6 is 45.3 Å². The van der Waals surface area contributed by atoms with Gasteiger partial charge in [0.15, 0.2) is 15.9 Å². The average molecular weight is 559 g/mol. The molecule has 0 bridgehead atoms. The molecule has 0 aromatic carbocycles.